The van der Waals surface area contributed by atoms with Gasteiger partial charge in [-0.05, 0) is 28.7 Å². The van der Waals surface area contributed by atoms with Gasteiger partial charge >= 0.3 is 5.97 Å². The molecule has 0 unspecified atom stereocenters. The molecule has 0 aliphatic heterocycles. The van der Waals surface area contributed by atoms with E-state index in [2.05, 4.69) is 4.98 Å². The van der Waals surface area contributed by atoms with E-state index in [0.717, 1.165) is 0 Å². The first-order chi connectivity index (χ1) is 5.13. The predicted molar refractivity (Wildman–Crippen MR) is 48.9 cm³/mol. The summed E-state index contributed by atoms with van der Waals surface area (Å²) in [7, 11) is 0. The highest BCUT2D eigenvalue weighted by Gasteiger charge is 2.11. The lowest BCUT2D eigenvalue weighted by Gasteiger charge is -1.97. The molecule has 1 rings (SSSR count). The largest absolute Gasteiger partial charge is 0.476 e. The topological polar surface area (TPSA) is 50.2 Å². The molecular weight excluding hydrogens is 280 g/mol. The van der Waals surface area contributed by atoms with Gasteiger partial charge in [-0.25, -0.2) is 9.78 Å². The van der Waals surface area contributed by atoms with Crippen LogP contribution in [-0.4, -0.2) is 16.1 Å². The molecule has 0 atom stereocenters. The number of halogens is 2. The highest BCUT2D eigenvalue weighted by Crippen LogP contribution is 2.19. The lowest BCUT2D eigenvalue weighted by molar-refractivity contribution is 0.0689. The fourth-order valence-corrected chi connectivity index (χ4v) is 1.26. The van der Waals surface area contributed by atoms with Crippen molar-refractivity contribution in [3.8, 4) is 0 Å². The zero-order valence-corrected chi connectivity index (χ0v) is 8.13. The number of carboxylic acids is 1. The van der Waals surface area contributed by atoms with Crippen molar-refractivity contribution in [3.05, 3.63) is 26.5 Å². The molecule has 0 radical (unpaired) electrons. The van der Waals surface area contributed by atoms with Crippen LogP contribution in [0, 0.1) is 3.57 Å². The molecule has 0 aliphatic carbocycles. The third-order valence-corrected chi connectivity index (χ3v) is 2.77. The second-order valence-electron chi connectivity index (χ2n) is 1.76. The maximum Gasteiger partial charge on any atom is 0.355 e. The van der Waals surface area contributed by atoms with E-state index >= 15 is 0 Å². The molecule has 5 heteroatoms. The van der Waals surface area contributed by atoms with Crippen molar-refractivity contribution in [1.82, 2.24) is 4.98 Å². The molecule has 58 valence electrons. The van der Waals surface area contributed by atoms with Gasteiger partial charge in [-0.15, -0.1) is 0 Å². The van der Waals surface area contributed by atoms with E-state index in [1.807, 2.05) is 22.6 Å². The Labute approximate surface area is 81.5 Å². The number of rotatable bonds is 1. The van der Waals surface area contributed by atoms with Gasteiger partial charge in [0.15, 0.2) is 5.69 Å². The Morgan fingerprint density at radius 3 is 2.82 bits per heavy atom. The first kappa shape index (κ1) is 8.73. The number of aromatic nitrogens is 1. The van der Waals surface area contributed by atoms with Crippen LogP contribution in [0.5, 0.6) is 0 Å². The van der Waals surface area contributed by atoms with Crippen molar-refractivity contribution in [1.29, 1.82) is 0 Å². The Morgan fingerprint density at radius 1 is 1.73 bits per heavy atom. The lowest BCUT2D eigenvalue weighted by Crippen LogP contribution is -2.02. The summed E-state index contributed by atoms with van der Waals surface area (Å²) >= 11 is 7.49. The summed E-state index contributed by atoms with van der Waals surface area (Å²) in [6.07, 6.45) is 1.37. The molecule has 1 heterocycles. The highest BCUT2D eigenvalue weighted by molar-refractivity contribution is 14.1. The minimum absolute atomic E-state index is 0.00176. The molecule has 0 aliphatic rings. The molecule has 0 fully saturated rings. The van der Waals surface area contributed by atoms with Gasteiger partial charge in [0, 0.05) is 6.20 Å². The van der Waals surface area contributed by atoms with Crippen LogP contribution in [0.1, 0.15) is 10.5 Å². The van der Waals surface area contributed by atoms with E-state index in [0.29, 0.717) is 8.59 Å². The normalized spacial score (nSPS) is 9.64. The number of nitrogens with zero attached hydrogens (tertiary/aromatic N) is 1. The Bertz CT molecular complexity index is 303. The number of carbonyl (C=O) groups is 1. The molecule has 3 nitrogen and oxygen atoms in total. The van der Waals surface area contributed by atoms with Gasteiger partial charge in [-0.1, -0.05) is 11.6 Å². The lowest BCUT2D eigenvalue weighted by atomic mass is 10.3. The molecule has 0 saturated heterocycles. The zero-order chi connectivity index (χ0) is 8.43. The molecule has 1 aromatic rings. The number of aromatic carboxylic acids is 1. The molecule has 0 aromatic carbocycles. The minimum Gasteiger partial charge on any atom is -0.476 e. The zero-order valence-electron chi connectivity index (χ0n) is 5.21. The van der Waals surface area contributed by atoms with E-state index in [9.17, 15) is 4.79 Å². The molecule has 1 N–H and O–H groups in total. The third-order valence-electron chi connectivity index (χ3n) is 1.04. The quantitative estimate of drug-likeness (QED) is 0.802. The van der Waals surface area contributed by atoms with Crippen molar-refractivity contribution in [2.45, 2.75) is 0 Å². The van der Waals surface area contributed by atoms with Crippen LogP contribution < -0.4 is 0 Å². The van der Waals surface area contributed by atoms with E-state index in [1.54, 1.807) is 6.07 Å². The summed E-state index contributed by atoms with van der Waals surface area (Å²) < 4.78 is 0.472. The van der Waals surface area contributed by atoms with Gasteiger partial charge in [-0.2, -0.15) is 0 Å². The van der Waals surface area contributed by atoms with Crippen molar-refractivity contribution >= 4 is 40.2 Å². The van der Waals surface area contributed by atoms with E-state index in [-0.39, 0.29) is 5.69 Å². The van der Waals surface area contributed by atoms with E-state index in [1.165, 1.54) is 6.20 Å². The van der Waals surface area contributed by atoms with Crippen LogP contribution in [0.2, 0.25) is 5.02 Å². The van der Waals surface area contributed by atoms with Crippen molar-refractivity contribution in [2.75, 3.05) is 0 Å². The Kier molecular flexibility index (Phi) is 2.67. The monoisotopic (exact) mass is 283 g/mol. The van der Waals surface area contributed by atoms with Crippen LogP contribution in [0.4, 0.5) is 0 Å². The second-order valence-corrected chi connectivity index (χ2v) is 3.25. The summed E-state index contributed by atoms with van der Waals surface area (Å²) in [4.78, 5) is 14.1. The van der Waals surface area contributed by atoms with Crippen LogP contribution in [0.15, 0.2) is 12.3 Å². The van der Waals surface area contributed by atoms with Gasteiger partial charge in [0.2, 0.25) is 0 Å². The fourth-order valence-electron chi connectivity index (χ4n) is 0.569. The summed E-state index contributed by atoms with van der Waals surface area (Å²) in [6, 6.07) is 1.55. The summed E-state index contributed by atoms with van der Waals surface area (Å²) in [6.45, 7) is 0. The van der Waals surface area contributed by atoms with Gasteiger partial charge in [0.1, 0.15) is 0 Å². The summed E-state index contributed by atoms with van der Waals surface area (Å²) in [5, 5.41) is 8.98. The van der Waals surface area contributed by atoms with Crippen LogP contribution in [0.25, 0.3) is 0 Å². The molecular formula is C6H3ClINO2. The van der Waals surface area contributed by atoms with Crippen molar-refractivity contribution in [3.63, 3.8) is 0 Å². The maximum atomic E-state index is 10.4. The standard InChI is InChI=1S/C6H3ClINO2/c7-3-1-2-9-5(4(3)8)6(10)11/h1-2H,(H,10,11). The average Bonchev–Trinajstić information content (AvgIpc) is 1.94. The van der Waals surface area contributed by atoms with Crippen LogP contribution in [-0.2, 0) is 0 Å². The average molecular weight is 283 g/mol. The summed E-state index contributed by atoms with van der Waals surface area (Å²) in [5.41, 5.74) is -0.00176. The van der Waals surface area contributed by atoms with Crippen LogP contribution >= 0.6 is 34.2 Å². The number of carboxylic acid groups (broad SMARTS) is 1. The van der Waals surface area contributed by atoms with Crippen LogP contribution in [0.3, 0.4) is 0 Å². The molecule has 1 aromatic heterocycles. The molecule has 11 heavy (non-hydrogen) atoms. The highest BCUT2D eigenvalue weighted by atomic mass is 127. The summed E-state index contributed by atoms with van der Waals surface area (Å²) in [5.74, 6) is -1.06. The number of hydrogen-bond acceptors (Lipinski definition) is 2. The first-order valence-corrected chi connectivity index (χ1v) is 4.12. The SMILES string of the molecule is O=C(O)c1nccc(Cl)c1I. The maximum absolute atomic E-state index is 10.4. The minimum atomic E-state index is -1.06. The van der Waals surface area contributed by atoms with Gasteiger partial charge in [0.25, 0.3) is 0 Å². The molecule has 0 saturated carbocycles. The Balaban J connectivity index is 3.27. The van der Waals surface area contributed by atoms with Gasteiger partial charge in [-0.3, -0.25) is 0 Å². The van der Waals surface area contributed by atoms with E-state index in [4.69, 9.17) is 16.7 Å². The first-order valence-electron chi connectivity index (χ1n) is 2.66. The second kappa shape index (κ2) is 3.36. The molecule has 0 amide bonds. The number of hydrogen-bond donors (Lipinski definition) is 1. The van der Waals surface area contributed by atoms with E-state index < -0.39 is 5.97 Å². The number of pyridine rings is 1. The molecule has 0 bridgehead atoms. The van der Waals surface area contributed by atoms with Gasteiger partial charge < -0.3 is 5.11 Å². The van der Waals surface area contributed by atoms with Gasteiger partial charge in [0.05, 0.1) is 8.59 Å². The third kappa shape index (κ3) is 1.81. The van der Waals surface area contributed by atoms with Crippen molar-refractivity contribution in [2.24, 2.45) is 0 Å². The Morgan fingerprint density at radius 2 is 2.36 bits per heavy atom. The fraction of sp³-hybridized carbons (Fsp3) is 0. The molecule has 0 spiro atoms. The smallest absolute Gasteiger partial charge is 0.355 e. The van der Waals surface area contributed by atoms with Crippen molar-refractivity contribution < 1.29 is 9.90 Å². The predicted octanol–water partition coefficient (Wildman–Crippen LogP) is 2.04. The Hall–Kier alpha value is -0.360.